The molecule has 2 aromatic rings. The lowest BCUT2D eigenvalue weighted by Gasteiger charge is -2.13. The predicted octanol–water partition coefficient (Wildman–Crippen LogP) is 2.13. The third kappa shape index (κ3) is 6.97. The Morgan fingerprint density at radius 2 is 1.89 bits per heavy atom. The minimum absolute atomic E-state index is 0.0925. The molecule has 27 heavy (non-hydrogen) atoms. The van der Waals surface area contributed by atoms with Gasteiger partial charge in [-0.3, -0.25) is 9.79 Å². The van der Waals surface area contributed by atoms with Crippen LogP contribution >= 0.6 is 0 Å². The molecule has 0 fully saturated rings. The molecule has 1 aromatic heterocycles. The Bertz CT molecular complexity index is 776. The highest BCUT2D eigenvalue weighted by atomic mass is 16.5. The van der Waals surface area contributed by atoms with Crippen molar-refractivity contribution in [2.45, 2.75) is 19.8 Å². The van der Waals surface area contributed by atoms with Gasteiger partial charge in [0.05, 0.1) is 7.11 Å². The molecule has 0 bridgehead atoms. The van der Waals surface area contributed by atoms with Crippen LogP contribution in [0, 0.1) is 6.92 Å². The van der Waals surface area contributed by atoms with Gasteiger partial charge < -0.3 is 20.7 Å². The topological polar surface area (TPSA) is 87.6 Å². The van der Waals surface area contributed by atoms with Gasteiger partial charge in [-0.15, -0.1) is 0 Å². The van der Waals surface area contributed by atoms with Crippen LogP contribution in [0.5, 0.6) is 5.75 Å². The highest BCUT2D eigenvalue weighted by molar-refractivity contribution is 5.90. The second kappa shape index (κ2) is 10.8. The number of carbonyl (C=O) groups excluding carboxylic acids is 1. The number of benzene rings is 1. The summed E-state index contributed by atoms with van der Waals surface area (Å²) in [6, 6.07) is 13.5. The molecule has 0 aliphatic heterocycles. The van der Waals surface area contributed by atoms with Crippen molar-refractivity contribution in [3.8, 4) is 5.75 Å². The first-order valence-electron chi connectivity index (χ1n) is 8.92. The first kappa shape index (κ1) is 20.2. The second-order valence-electron chi connectivity index (χ2n) is 5.95. The van der Waals surface area contributed by atoms with E-state index in [4.69, 9.17) is 4.74 Å². The van der Waals surface area contributed by atoms with Gasteiger partial charge in [-0.05, 0) is 37.1 Å². The van der Waals surface area contributed by atoms with Crippen LogP contribution in [0.1, 0.15) is 17.7 Å². The lowest BCUT2D eigenvalue weighted by Crippen LogP contribution is -2.39. The van der Waals surface area contributed by atoms with Crippen molar-refractivity contribution >= 4 is 17.7 Å². The SMILES string of the molecule is CN=C(NCCC(=O)Nc1cccc(C)n1)NCCc1ccccc1OC. The maximum atomic E-state index is 12.0. The number of ether oxygens (including phenoxy) is 1. The summed E-state index contributed by atoms with van der Waals surface area (Å²) >= 11 is 0. The molecule has 0 unspecified atom stereocenters. The zero-order valence-corrected chi connectivity index (χ0v) is 16.1. The average Bonchev–Trinajstić information content (AvgIpc) is 2.67. The largest absolute Gasteiger partial charge is 0.496 e. The van der Waals surface area contributed by atoms with Crippen molar-refractivity contribution in [1.29, 1.82) is 0 Å². The second-order valence-corrected chi connectivity index (χ2v) is 5.95. The summed E-state index contributed by atoms with van der Waals surface area (Å²) in [5, 5.41) is 9.17. The number of carbonyl (C=O) groups is 1. The fourth-order valence-electron chi connectivity index (χ4n) is 2.56. The fraction of sp³-hybridized carbons (Fsp3) is 0.350. The minimum atomic E-state index is -0.0925. The maximum absolute atomic E-state index is 12.0. The van der Waals surface area contributed by atoms with Gasteiger partial charge in [0.25, 0.3) is 0 Å². The summed E-state index contributed by atoms with van der Waals surface area (Å²) in [7, 11) is 3.37. The molecule has 3 N–H and O–H groups in total. The molecule has 0 saturated heterocycles. The van der Waals surface area contributed by atoms with E-state index < -0.39 is 0 Å². The summed E-state index contributed by atoms with van der Waals surface area (Å²) in [5.41, 5.74) is 2.00. The fourth-order valence-corrected chi connectivity index (χ4v) is 2.56. The summed E-state index contributed by atoms with van der Waals surface area (Å²) in [6.07, 6.45) is 1.13. The predicted molar refractivity (Wildman–Crippen MR) is 108 cm³/mol. The van der Waals surface area contributed by atoms with Crippen molar-refractivity contribution in [3.63, 3.8) is 0 Å². The Morgan fingerprint density at radius 3 is 2.63 bits per heavy atom. The van der Waals surface area contributed by atoms with Crippen molar-refractivity contribution < 1.29 is 9.53 Å². The van der Waals surface area contributed by atoms with Crippen molar-refractivity contribution in [1.82, 2.24) is 15.6 Å². The Hall–Kier alpha value is -3.09. The molecular weight excluding hydrogens is 342 g/mol. The molecule has 7 nitrogen and oxygen atoms in total. The normalized spacial score (nSPS) is 11.0. The van der Waals surface area contributed by atoms with Crippen LogP contribution in [0.25, 0.3) is 0 Å². The number of nitrogens with zero attached hydrogens (tertiary/aromatic N) is 2. The van der Waals surface area contributed by atoms with Crippen LogP contribution < -0.4 is 20.7 Å². The van der Waals surface area contributed by atoms with Crippen LogP contribution in [0.15, 0.2) is 47.5 Å². The van der Waals surface area contributed by atoms with E-state index in [9.17, 15) is 4.79 Å². The number of aromatic nitrogens is 1. The van der Waals surface area contributed by atoms with Crippen LogP contribution in [0.4, 0.5) is 5.82 Å². The van der Waals surface area contributed by atoms with E-state index in [1.807, 2.05) is 43.3 Å². The van der Waals surface area contributed by atoms with E-state index in [1.165, 1.54) is 0 Å². The number of nitrogens with one attached hydrogen (secondary N) is 3. The average molecular weight is 369 g/mol. The quantitative estimate of drug-likeness (QED) is 0.490. The van der Waals surface area contributed by atoms with Gasteiger partial charge >= 0.3 is 0 Å². The molecule has 1 heterocycles. The molecular formula is C20H27N5O2. The van der Waals surface area contributed by atoms with Crippen molar-refractivity contribution in [2.24, 2.45) is 4.99 Å². The third-order valence-corrected chi connectivity index (χ3v) is 3.90. The lowest BCUT2D eigenvalue weighted by molar-refractivity contribution is -0.116. The highest BCUT2D eigenvalue weighted by Gasteiger charge is 2.05. The Labute approximate surface area is 160 Å². The van der Waals surface area contributed by atoms with E-state index >= 15 is 0 Å². The number of hydrogen-bond donors (Lipinski definition) is 3. The minimum Gasteiger partial charge on any atom is -0.496 e. The van der Waals surface area contributed by atoms with Crippen molar-refractivity contribution in [2.75, 3.05) is 32.6 Å². The van der Waals surface area contributed by atoms with Gasteiger partial charge in [0.1, 0.15) is 11.6 Å². The summed E-state index contributed by atoms with van der Waals surface area (Å²) < 4.78 is 5.35. The number of anilines is 1. The molecule has 144 valence electrons. The molecule has 0 saturated carbocycles. The van der Waals surface area contributed by atoms with E-state index in [0.29, 0.717) is 31.3 Å². The molecule has 0 radical (unpaired) electrons. The molecule has 0 spiro atoms. The van der Waals surface area contributed by atoms with Gasteiger partial charge in [0, 0.05) is 32.3 Å². The van der Waals surface area contributed by atoms with E-state index in [-0.39, 0.29) is 5.91 Å². The zero-order valence-electron chi connectivity index (χ0n) is 16.1. The van der Waals surface area contributed by atoms with Crippen molar-refractivity contribution in [3.05, 3.63) is 53.7 Å². The molecule has 2 rings (SSSR count). The molecule has 1 aromatic carbocycles. The molecule has 0 aliphatic carbocycles. The number of rotatable bonds is 8. The molecule has 0 atom stereocenters. The van der Waals surface area contributed by atoms with Crippen LogP contribution in [-0.2, 0) is 11.2 Å². The number of methoxy groups -OCH3 is 1. The van der Waals surface area contributed by atoms with E-state index in [1.54, 1.807) is 20.2 Å². The smallest absolute Gasteiger partial charge is 0.227 e. The van der Waals surface area contributed by atoms with Crippen LogP contribution in [0.3, 0.4) is 0 Å². The maximum Gasteiger partial charge on any atom is 0.227 e. The van der Waals surface area contributed by atoms with Gasteiger partial charge in [0.2, 0.25) is 5.91 Å². The zero-order chi connectivity index (χ0) is 19.5. The number of aliphatic imine (C=N–C) groups is 1. The number of pyridine rings is 1. The molecule has 7 heteroatoms. The molecule has 1 amide bonds. The van der Waals surface area contributed by atoms with Gasteiger partial charge in [-0.2, -0.15) is 0 Å². The number of guanidine groups is 1. The summed E-state index contributed by atoms with van der Waals surface area (Å²) in [6.45, 7) is 3.07. The number of amides is 1. The Balaban J connectivity index is 1.70. The van der Waals surface area contributed by atoms with E-state index in [2.05, 4.69) is 25.9 Å². The summed E-state index contributed by atoms with van der Waals surface area (Å²) in [5.74, 6) is 2.01. The monoisotopic (exact) mass is 369 g/mol. The number of para-hydroxylation sites is 1. The van der Waals surface area contributed by atoms with Gasteiger partial charge in [0.15, 0.2) is 5.96 Å². The Kier molecular flexibility index (Phi) is 8.09. The first-order chi connectivity index (χ1) is 13.1. The highest BCUT2D eigenvalue weighted by Crippen LogP contribution is 2.17. The van der Waals surface area contributed by atoms with Crippen LogP contribution in [0.2, 0.25) is 0 Å². The number of aryl methyl sites for hydroxylation is 1. The van der Waals surface area contributed by atoms with E-state index in [0.717, 1.165) is 23.4 Å². The summed E-state index contributed by atoms with van der Waals surface area (Å²) in [4.78, 5) is 20.4. The standard InChI is InChI=1S/C20H27N5O2/c1-15-7-6-10-18(24-15)25-19(26)12-14-23-20(21-2)22-13-11-16-8-4-5-9-17(16)27-3/h4-10H,11-14H2,1-3H3,(H2,21,22,23)(H,24,25,26). The number of hydrogen-bond acceptors (Lipinski definition) is 4. The third-order valence-electron chi connectivity index (χ3n) is 3.90. The van der Waals surface area contributed by atoms with Gasteiger partial charge in [-0.25, -0.2) is 4.98 Å². The van der Waals surface area contributed by atoms with Gasteiger partial charge in [-0.1, -0.05) is 24.3 Å². The van der Waals surface area contributed by atoms with Crippen LogP contribution in [-0.4, -0.2) is 44.1 Å². The first-order valence-corrected chi connectivity index (χ1v) is 8.92. The Morgan fingerprint density at radius 1 is 1.11 bits per heavy atom. The molecule has 0 aliphatic rings. The lowest BCUT2D eigenvalue weighted by atomic mass is 10.1.